The van der Waals surface area contributed by atoms with Crippen molar-refractivity contribution in [3.63, 3.8) is 0 Å². The summed E-state index contributed by atoms with van der Waals surface area (Å²) in [6.07, 6.45) is -0.691. The Morgan fingerprint density at radius 3 is 2.43 bits per heavy atom. The van der Waals surface area contributed by atoms with E-state index >= 15 is 0 Å². The van der Waals surface area contributed by atoms with Gasteiger partial charge in [0.1, 0.15) is 0 Å². The summed E-state index contributed by atoms with van der Waals surface area (Å²) in [5, 5.41) is 14.7. The number of hydrogen-bond acceptors (Lipinski definition) is 2. The maximum Gasteiger partial charge on any atom is 0.0929 e. The van der Waals surface area contributed by atoms with Crippen molar-refractivity contribution < 1.29 is 5.11 Å². The van der Waals surface area contributed by atoms with E-state index in [1.165, 1.54) is 11.1 Å². The average Bonchev–Trinajstić information content (AvgIpc) is 2.47. The quantitative estimate of drug-likeness (QED) is 0.836. The fraction of sp³-hybridized carbons (Fsp3) is 0.294. The third-order valence-electron chi connectivity index (χ3n) is 3.51. The van der Waals surface area contributed by atoms with Gasteiger partial charge in [-0.15, -0.1) is 0 Å². The van der Waals surface area contributed by atoms with Crippen LogP contribution in [0.1, 0.15) is 35.8 Å². The first-order valence-corrected chi connectivity index (χ1v) is 7.66. The van der Waals surface area contributed by atoms with Gasteiger partial charge in [0.2, 0.25) is 0 Å². The highest BCUT2D eigenvalue weighted by Gasteiger charge is 2.14. The van der Waals surface area contributed by atoms with Crippen LogP contribution in [-0.2, 0) is 0 Å². The summed E-state index contributed by atoms with van der Waals surface area (Å²) < 4.78 is 0. The zero-order valence-corrected chi connectivity index (χ0v) is 13.6. The first kappa shape index (κ1) is 16.3. The van der Waals surface area contributed by atoms with Gasteiger partial charge in [0.15, 0.2) is 0 Å². The Kier molecular flexibility index (Phi) is 5.65. The van der Waals surface area contributed by atoms with Crippen molar-refractivity contribution in [1.82, 2.24) is 5.32 Å². The third kappa shape index (κ3) is 4.45. The molecule has 0 radical (unpaired) electrons. The van der Waals surface area contributed by atoms with E-state index in [0.717, 1.165) is 0 Å². The molecule has 4 heteroatoms. The van der Waals surface area contributed by atoms with Crippen LogP contribution in [0.3, 0.4) is 0 Å². The molecule has 0 bridgehead atoms. The van der Waals surface area contributed by atoms with Crippen molar-refractivity contribution in [2.24, 2.45) is 0 Å². The fourth-order valence-electron chi connectivity index (χ4n) is 2.14. The van der Waals surface area contributed by atoms with Crippen LogP contribution < -0.4 is 5.32 Å². The zero-order valence-electron chi connectivity index (χ0n) is 12.1. The van der Waals surface area contributed by atoms with Crippen molar-refractivity contribution in [3.05, 3.63) is 69.2 Å². The van der Waals surface area contributed by atoms with Gasteiger partial charge in [-0.3, -0.25) is 0 Å². The predicted octanol–water partition coefficient (Wildman–Crippen LogP) is 4.69. The Labute approximate surface area is 135 Å². The van der Waals surface area contributed by atoms with E-state index in [0.29, 0.717) is 22.2 Å². The topological polar surface area (TPSA) is 32.3 Å². The number of rotatable bonds is 5. The Bertz CT molecular complexity index is 598. The molecular weight excluding hydrogens is 305 g/mol. The van der Waals surface area contributed by atoms with E-state index in [9.17, 15) is 5.11 Å². The molecule has 112 valence electrons. The molecule has 0 amide bonds. The SMILES string of the molecule is Cc1ccc([C@@H](C)NCC(O)c2cc(Cl)ccc2Cl)cc1. The molecule has 0 aliphatic carbocycles. The number of halogens is 2. The van der Waals surface area contributed by atoms with Crippen LogP contribution in [0.2, 0.25) is 10.0 Å². The minimum Gasteiger partial charge on any atom is -0.387 e. The summed E-state index contributed by atoms with van der Waals surface area (Å²) in [5.41, 5.74) is 3.06. The smallest absolute Gasteiger partial charge is 0.0929 e. The van der Waals surface area contributed by atoms with E-state index in [2.05, 4.69) is 43.4 Å². The summed E-state index contributed by atoms with van der Waals surface area (Å²) in [7, 11) is 0. The summed E-state index contributed by atoms with van der Waals surface area (Å²) in [6, 6.07) is 13.6. The van der Waals surface area contributed by atoms with Crippen LogP contribution >= 0.6 is 23.2 Å². The highest BCUT2D eigenvalue weighted by Crippen LogP contribution is 2.26. The van der Waals surface area contributed by atoms with Crippen LogP contribution in [0.5, 0.6) is 0 Å². The number of nitrogens with one attached hydrogen (secondary N) is 1. The van der Waals surface area contributed by atoms with Gasteiger partial charge in [0.05, 0.1) is 6.10 Å². The molecular formula is C17H19Cl2NO. The second-order valence-corrected chi connectivity index (χ2v) is 6.07. The Balaban J connectivity index is 1.98. The molecule has 0 aliphatic rings. The maximum absolute atomic E-state index is 10.3. The molecule has 0 aliphatic heterocycles. The monoisotopic (exact) mass is 323 g/mol. The van der Waals surface area contributed by atoms with Crippen LogP contribution in [0.25, 0.3) is 0 Å². The molecule has 2 N–H and O–H groups in total. The van der Waals surface area contributed by atoms with E-state index in [1.54, 1.807) is 18.2 Å². The van der Waals surface area contributed by atoms with E-state index < -0.39 is 6.10 Å². The molecule has 21 heavy (non-hydrogen) atoms. The molecule has 2 rings (SSSR count). The van der Waals surface area contributed by atoms with Crippen LogP contribution in [0.4, 0.5) is 0 Å². The second-order valence-electron chi connectivity index (χ2n) is 5.22. The molecule has 0 spiro atoms. The van der Waals surface area contributed by atoms with Gasteiger partial charge in [-0.1, -0.05) is 53.0 Å². The van der Waals surface area contributed by atoms with Gasteiger partial charge in [-0.25, -0.2) is 0 Å². The minimum absolute atomic E-state index is 0.151. The Morgan fingerprint density at radius 1 is 1.10 bits per heavy atom. The minimum atomic E-state index is -0.691. The van der Waals surface area contributed by atoms with Gasteiger partial charge in [-0.05, 0) is 37.6 Å². The van der Waals surface area contributed by atoms with Gasteiger partial charge >= 0.3 is 0 Å². The Morgan fingerprint density at radius 2 is 1.76 bits per heavy atom. The van der Waals surface area contributed by atoms with E-state index in [-0.39, 0.29) is 6.04 Å². The van der Waals surface area contributed by atoms with Crippen molar-refractivity contribution in [2.75, 3.05) is 6.54 Å². The second kappa shape index (κ2) is 7.28. The van der Waals surface area contributed by atoms with Gasteiger partial charge in [0.25, 0.3) is 0 Å². The molecule has 0 heterocycles. The van der Waals surface area contributed by atoms with E-state index in [4.69, 9.17) is 23.2 Å². The molecule has 2 nitrogen and oxygen atoms in total. The molecule has 0 fully saturated rings. The molecule has 1 unspecified atom stereocenters. The number of aliphatic hydroxyl groups excluding tert-OH is 1. The lowest BCUT2D eigenvalue weighted by Crippen LogP contribution is -2.24. The lowest BCUT2D eigenvalue weighted by molar-refractivity contribution is 0.171. The first-order valence-electron chi connectivity index (χ1n) is 6.90. The molecule has 2 atom stereocenters. The van der Waals surface area contributed by atoms with Gasteiger partial charge in [-0.2, -0.15) is 0 Å². The van der Waals surface area contributed by atoms with Crippen molar-refractivity contribution in [2.45, 2.75) is 26.0 Å². The molecule has 0 aromatic heterocycles. The molecule has 2 aromatic carbocycles. The van der Waals surface area contributed by atoms with E-state index in [1.807, 2.05) is 0 Å². The summed E-state index contributed by atoms with van der Waals surface area (Å²) in [5.74, 6) is 0. The number of aliphatic hydroxyl groups is 1. The lowest BCUT2D eigenvalue weighted by Gasteiger charge is -2.19. The van der Waals surface area contributed by atoms with Crippen molar-refractivity contribution in [1.29, 1.82) is 0 Å². The number of aryl methyl sites for hydroxylation is 1. The third-order valence-corrected chi connectivity index (χ3v) is 4.09. The predicted molar refractivity (Wildman–Crippen MR) is 89.0 cm³/mol. The number of hydrogen-bond donors (Lipinski definition) is 2. The zero-order chi connectivity index (χ0) is 15.4. The van der Waals surface area contributed by atoms with Crippen LogP contribution in [0.15, 0.2) is 42.5 Å². The average molecular weight is 324 g/mol. The normalized spacial score (nSPS) is 14.0. The Hall–Kier alpha value is -1.06. The van der Waals surface area contributed by atoms with Crippen molar-refractivity contribution in [3.8, 4) is 0 Å². The number of benzene rings is 2. The van der Waals surface area contributed by atoms with Crippen LogP contribution in [0, 0.1) is 6.92 Å². The van der Waals surface area contributed by atoms with Gasteiger partial charge in [0, 0.05) is 28.2 Å². The van der Waals surface area contributed by atoms with Crippen LogP contribution in [-0.4, -0.2) is 11.7 Å². The highest BCUT2D eigenvalue weighted by molar-refractivity contribution is 6.33. The molecule has 2 aromatic rings. The largest absolute Gasteiger partial charge is 0.387 e. The van der Waals surface area contributed by atoms with Gasteiger partial charge < -0.3 is 10.4 Å². The maximum atomic E-state index is 10.3. The fourth-order valence-corrected chi connectivity index (χ4v) is 2.57. The highest BCUT2D eigenvalue weighted by atomic mass is 35.5. The standard InChI is InChI=1S/C17H19Cl2NO/c1-11-3-5-13(6-4-11)12(2)20-10-17(21)15-9-14(18)7-8-16(15)19/h3-9,12,17,20-21H,10H2,1-2H3/t12-,17?/m1/s1. The summed E-state index contributed by atoms with van der Waals surface area (Å²) in [6.45, 7) is 4.54. The molecule has 0 saturated heterocycles. The lowest BCUT2D eigenvalue weighted by atomic mass is 10.1. The first-order chi connectivity index (χ1) is 9.97. The molecule has 0 saturated carbocycles. The van der Waals surface area contributed by atoms with Crippen molar-refractivity contribution >= 4 is 23.2 Å². The summed E-state index contributed by atoms with van der Waals surface area (Å²) >= 11 is 12.0. The summed E-state index contributed by atoms with van der Waals surface area (Å²) in [4.78, 5) is 0.